The summed E-state index contributed by atoms with van der Waals surface area (Å²) in [5, 5.41) is 40.0. The minimum Gasteiger partial charge on any atom is -0.462 e. The number of esters is 2. The van der Waals surface area contributed by atoms with Gasteiger partial charge in [-0.15, -0.1) is 0 Å². The van der Waals surface area contributed by atoms with Crippen molar-refractivity contribution < 1.29 is 49.0 Å². The average molecular weight is 781 g/mol. The van der Waals surface area contributed by atoms with Crippen molar-refractivity contribution in [1.82, 2.24) is 0 Å². The highest BCUT2D eigenvalue weighted by atomic mass is 16.7. The maximum Gasteiger partial charge on any atom is 0.306 e. The number of carbonyl (C=O) groups is 2. The van der Waals surface area contributed by atoms with E-state index < -0.39 is 55.4 Å². The minimum absolute atomic E-state index is 0.184. The van der Waals surface area contributed by atoms with Gasteiger partial charge >= 0.3 is 11.9 Å². The summed E-state index contributed by atoms with van der Waals surface area (Å²) >= 11 is 0. The first kappa shape index (κ1) is 50.9. The van der Waals surface area contributed by atoms with E-state index in [2.05, 4.69) is 50.3 Å². The molecule has 0 spiro atoms. The lowest BCUT2D eigenvalue weighted by atomic mass is 9.99. The Bertz CT molecular complexity index is 996. The molecule has 4 N–H and O–H groups in total. The molecule has 1 aliphatic rings. The Morgan fingerprint density at radius 3 is 1.53 bits per heavy atom. The second-order valence-electron chi connectivity index (χ2n) is 15.1. The molecule has 0 amide bonds. The fraction of sp³-hybridized carbons (Fsp3) is 0.822. The highest BCUT2D eigenvalue weighted by molar-refractivity contribution is 5.70. The van der Waals surface area contributed by atoms with Gasteiger partial charge in [0.05, 0.1) is 13.2 Å². The first-order chi connectivity index (χ1) is 26.8. The van der Waals surface area contributed by atoms with Crippen molar-refractivity contribution in [1.29, 1.82) is 0 Å². The molecular weight excluding hydrogens is 700 g/mol. The van der Waals surface area contributed by atoms with E-state index in [0.717, 1.165) is 44.9 Å². The lowest BCUT2D eigenvalue weighted by molar-refractivity contribution is -0.305. The normalized spacial score (nSPS) is 20.9. The van der Waals surface area contributed by atoms with Gasteiger partial charge < -0.3 is 39.4 Å². The number of rotatable bonds is 36. The number of allylic oxidation sites excluding steroid dienone is 6. The van der Waals surface area contributed by atoms with Crippen molar-refractivity contribution in [2.75, 3.05) is 19.8 Å². The maximum atomic E-state index is 12.7. The first-order valence-corrected chi connectivity index (χ1v) is 22.1. The number of carbonyl (C=O) groups excluding carboxylic acids is 2. The monoisotopic (exact) mass is 781 g/mol. The summed E-state index contributed by atoms with van der Waals surface area (Å²) in [7, 11) is 0. The van der Waals surface area contributed by atoms with Gasteiger partial charge in [-0.2, -0.15) is 0 Å². The zero-order chi connectivity index (χ0) is 40.2. The van der Waals surface area contributed by atoms with Crippen LogP contribution in [0.3, 0.4) is 0 Å². The predicted molar refractivity (Wildman–Crippen MR) is 219 cm³/mol. The van der Waals surface area contributed by atoms with E-state index in [1.807, 2.05) is 0 Å². The second-order valence-corrected chi connectivity index (χ2v) is 15.1. The van der Waals surface area contributed by atoms with Crippen molar-refractivity contribution in [2.24, 2.45) is 0 Å². The highest BCUT2D eigenvalue weighted by Gasteiger charge is 2.44. The number of hydrogen-bond acceptors (Lipinski definition) is 10. The summed E-state index contributed by atoms with van der Waals surface area (Å²) in [5.74, 6) is -0.870. The summed E-state index contributed by atoms with van der Waals surface area (Å²) in [4.78, 5) is 25.3. The second kappa shape index (κ2) is 36.3. The Morgan fingerprint density at radius 1 is 0.564 bits per heavy atom. The van der Waals surface area contributed by atoms with E-state index >= 15 is 0 Å². The standard InChI is InChI=1S/C45H80O10/c1-3-5-7-9-11-13-15-17-19-21-23-25-27-29-31-33-40(47)52-36-38(37-53-45-44(51)43(50)42(49)39(35-46)55-45)54-41(48)34-32-30-28-26-24-22-20-18-16-14-12-10-8-6-4-2/h18,20,23-26,38-39,42-46,49-51H,3-17,19,21-22,27-37H2,1-2H3/b20-18+,25-23+,26-24+/t38-,39-,42+,43?,44?,45-/m0/s1. The number of aliphatic hydroxyl groups is 4. The topological polar surface area (TPSA) is 152 Å². The number of ether oxygens (including phenoxy) is 4. The van der Waals surface area contributed by atoms with Crippen LogP contribution in [-0.4, -0.2) is 89.0 Å². The third kappa shape index (κ3) is 28.0. The molecule has 0 saturated carbocycles. The van der Waals surface area contributed by atoms with Gasteiger partial charge in [-0.05, 0) is 70.6 Å². The van der Waals surface area contributed by atoms with E-state index in [9.17, 15) is 30.0 Å². The molecule has 0 aromatic rings. The third-order valence-electron chi connectivity index (χ3n) is 10.00. The quantitative estimate of drug-likeness (QED) is 0.0275. The summed E-state index contributed by atoms with van der Waals surface area (Å²) in [6.45, 7) is 3.36. The Hall–Kier alpha value is -2.08. The largest absolute Gasteiger partial charge is 0.462 e. The van der Waals surface area contributed by atoms with E-state index in [1.54, 1.807) is 0 Å². The molecule has 320 valence electrons. The zero-order valence-corrected chi connectivity index (χ0v) is 34.7. The molecule has 1 rings (SSSR count). The Balaban J connectivity index is 2.38. The SMILES string of the molecule is CCCCCCCC/C=C/C/C=C/CCCCC(=O)O[C@@H](COC(=O)CCCC/C=C/CCCCCCCCCCC)CO[C@H]1O[C@@H](CO)[C@@H](O)C(O)C1O. The smallest absolute Gasteiger partial charge is 0.306 e. The molecule has 10 nitrogen and oxygen atoms in total. The van der Waals surface area contributed by atoms with Gasteiger partial charge in [-0.3, -0.25) is 9.59 Å². The van der Waals surface area contributed by atoms with Gasteiger partial charge in [0, 0.05) is 12.8 Å². The fourth-order valence-corrected chi connectivity index (χ4v) is 6.45. The van der Waals surface area contributed by atoms with Crippen LogP contribution in [0.2, 0.25) is 0 Å². The maximum absolute atomic E-state index is 12.7. The van der Waals surface area contributed by atoms with Gasteiger partial charge in [-0.1, -0.05) is 134 Å². The summed E-state index contributed by atoms with van der Waals surface area (Å²) in [5.41, 5.74) is 0. The van der Waals surface area contributed by atoms with Crippen molar-refractivity contribution in [3.8, 4) is 0 Å². The minimum atomic E-state index is -1.60. The van der Waals surface area contributed by atoms with Crippen LogP contribution in [0.25, 0.3) is 0 Å². The molecule has 1 saturated heterocycles. The van der Waals surface area contributed by atoms with Crippen LogP contribution >= 0.6 is 0 Å². The van der Waals surface area contributed by atoms with Crippen LogP contribution in [0.1, 0.15) is 181 Å². The first-order valence-electron chi connectivity index (χ1n) is 22.1. The molecule has 1 aliphatic heterocycles. The molecular formula is C45H80O10. The number of unbranched alkanes of at least 4 members (excludes halogenated alkanes) is 19. The number of hydrogen-bond donors (Lipinski definition) is 4. The Morgan fingerprint density at radius 2 is 1.02 bits per heavy atom. The summed E-state index contributed by atoms with van der Waals surface area (Å²) in [6, 6.07) is 0. The molecule has 1 heterocycles. The zero-order valence-electron chi connectivity index (χ0n) is 34.7. The molecule has 2 unspecified atom stereocenters. The Kier molecular flexibility index (Phi) is 33.6. The van der Waals surface area contributed by atoms with Gasteiger partial charge in [0.2, 0.25) is 0 Å². The van der Waals surface area contributed by atoms with Crippen LogP contribution in [0.4, 0.5) is 0 Å². The summed E-state index contributed by atoms with van der Waals surface area (Å²) < 4.78 is 22.1. The van der Waals surface area contributed by atoms with E-state index in [0.29, 0.717) is 12.8 Å². The van der Waals surface area contributed by atoms with Gasteiger partial charge in [0.25, 0.3) is 0 Å². The van der Waals surface area contributed by atoms with Crippen molar-refractivity contribution in [3.05, 3.63) is 36.5 Å². The fourth-order valence-electron chi connectivity index (χ4n) is 6.45. The predicted octanol–water partition coefficient (Wildman–Crippen LogP) is 9.11. The number of aliphatic hydroxyl groups excluding tert-OH is 4. The van der Waals surface area contributed by atoms with E-state index in [1.165, 1.54) is 96.3 Å². The third-order valence-corrected chi connectivity index (χ3v) is 10.00. The molecule has 0 radical (unpaired) electrons. The van der Waals surface area contributed by atoms with Crippen molar-refractivity contribution >= 4 is 11.9 Å². The van der Waals surface area contributed by atoms with E-state index in [-0.39, 0.29) is 26.1 Å². The molecule has 1 fully saturated rings. The molecule has 10 heteroatoms. The molecule has 0 aromatic heterocycles. The molecule has 0 bridgehead atoms. The van der Waals surface area contributed by atoms with Crippen LogP contribution in [-0.2, 0) is 28.5 Å². The Labute approximate surface area is 334 Å². The van der Waals surface area contributed by atoms with Gasteiger partial charge in [0.15, 0.2) is 12.4 Å². The van der Waals surface area contributed by atoms with Crippen molar-refractivity contribution in [3.63, 3.8) is 0 Å². The molecule has 6 atom stereocenters. The van der Waals surface area contributed by atoms with Crippen LogP contribution in [0.5, 0.6) is 0 Å². The lowest BCUT2D eigenvalue weighted by Crippen LogP contribution is -2.59. The molecule has 0 aromatic carbocycles. The molecule has 0 aliphatic carbocycles. The van der Waals surface area contributed by atoms with Crippen LogP contribution < -0.4 is 0 Å². The molecule has 55 heavy (non-hydrogen) atoms. The van der Waals surface area contributed by atoms with Gasteiger partial charge in [-0.25, -0.2) is 0 Å². The average Bonchev–Trinajstić information content (AvgIpc) is 3.18. The van der Waals surface area contributed by atoms with E-state index in [4.69, 9.17) is 18.9 Å². The van der Waals surface area contributed by atoms with Gasteiger partial charge in [0.1, 0.15) is 31.0 Å². The van der Waals surface area contributed by atoms with Crippen LogP contribution in [0.15, 0.2) is 36.5 Å². The lowest BCUT2D eigenvalue weighted by Gasteiger charge is -2.39. The van der Waals surface area contributed by atoms with Crippen LogP contribution in [0, 0.1) is 0 Å². The van der Waals surface area contributed by atoms with Crippen molar-refractivity contribution in [2.45, 2.75) is 218 Å². The highest BCUT2D eigenvalue weighted by Crippen LogP contribution is 2.22. The summed E-state index contributed by atoms with van der Waals surface area (Å²) in [6.07, 6.45) is 33.0.